The standard InChI is InChI=1S/C11H15NO.C5H9NO3S/c1-11(2,3)12(13)9-10-7-5-4-6-8-10;1-2-3(7)6-4(10)5(8)9/h4-9H,1-3H3;4,10H,2H2,1H3,(H,6,7)(H,8,9). The molecule has 0 aromatic heterocycles. The Bertz CT molecular complexity index is 539. The maximum Gasteiger partial charge on any atom is 0.336 e. The topological polar surface area (TPSA) is 92.5 Å². The summed E-state index contributed by atoms with van der Waals surface area (Å²) in [5.74, 6) is -1.47. The molecule has 6 nitrogen and oxygen atoms in total. The fourth-order valence-electron chi connectivity index (χ4n) is 1.18. The van der Waals surface area contributed by atoms with Crippen LogP contribution in [0.15, 0.2) is 30.3 Å². The highest BCUT2D eigenvalue weighted by molar-refractivity contribution is 7.81. The summed E-state index contributed by atoms with van der Waals surface area (Å²) in [5.41, 5.74) is 0.572. The number of nitrogens with one attached hydrogen (secondary N) is 1. The second-order valence-corrected chi connectivity index (χ2v) is 6.21. The number of carboxylic acid groups (broad SMARTS) is 1. The number of aliphatic carboxylic acids is 1. The Morgan fingerprint density at radius 1 is 1.35 bits per heavy atom. The number of hydrogen-bond donors (Lipinski definition) is 3. The smallest absolute Gasteiger partial charge is 0.336 e. The molecule has 0 aliphatic carbocycles. The van der Waals surface area contributed by atoms with E-state index in [0.29, 0.717) is 0 Å². The molecule has 0 spiro atoms. The van der Waals surface area contributed by atoms with Crippen LogP contribution in [-0.4, -0.2) is 38.8 Å². The number of hydrogen-bond acceptors (Lipinski definition) is 4. The van der Waals surface area contributed by atoms with Crippen LogP contribution in [0.2, 0.25) is 0 Å². The van der Waals surface area contributed by atoms with Crippen LogP contribution in [-0.2, 0) is 9.59 Å². The molecule has 0 radical (unpaired) electrons. The zero-order chi connectivity index (χ0) is 18.0. The molecule has 1 aromatic carbocycles. The van der Waals surface area contributed by atoms with E-state index in [9.17, 15) is 14.8 Å². The van der Waals surface area contributed by atoms with E-state index >= 15 is 0 Å². The Kier molecular flexibility index (Phi) is 9.02. The van der Waals surface area contributed by atoms with Crippen molar-refractivity contribution in [2.24, 2.45) is 0 Å². The third kappa shape index (κ3) is 9.57. The van der Waals surface area contributed by atoms with Gasteiger partial charge in [-0.2, -0.15) is 0 Å². The van der Waals surface area contributed by atoms with Crippen LogP contribution in [0.1, 0.15) is 39.7 Å². The van der Waals surface area contributed by atoms with Crippen molar-refractivity contribution in [1.29, 1.82) is 0 Å². The molecule has 1 atom stereocenters. The predicted octanol–water partition coefficient (Wildman–Crippen LogP) is 2.27. The lowest BCUT2D eigenvalue weighted by molar-refractivity contribution is -0.530. The molecule has 0 aliphatic heterocycles. The molecule has 7 heteroatoms. The van der Waals surface area contributed by atoms with E-state index in [4.69, 9.17) is 5.11 Å². The van der Waals surface area contributed by atoms with E-state index in [1.54, 1.807) is 13.1 Å². The van der Waals surface area contributed by atoms with Gasteiger partial charge in [-0.15, -0.1) is 12.6 Å². The number of thiol groups is 1. The number of rotatable bonds is 4. The van der Waals surface area contributed by atoms with Crippen LogP contribution in [0, 0.1) is 5.21 Å². The Hall–Kier alpha value is -2.02. The Morgan fingerprint density at radius 2 is 1.87 bits per heavy atom. The van der Waals surface area contributed by atoms with Gasteiger partial charge in [0.1, 0.15) is 0 Å². The molecular weight excluding hydrogens is 316 g/mol. The normalized spacial score (nSPS) is 12.7. The van der Waals surface area contributed by atoms with Crippen LogP contribution in [0.4, 0.5) is 0 Å². The van der Waals surface area contributed by atoms with Crippen molar-refractivity contribution >= 4 is 30.7 Å². The molecule has 0 saturated heterocycles. The lowest BCUT2D eigenvalue weighted by Gasteiger charge is -2.18. The van der Waals surface area contributed by atoms with Gasteiger partial charge < -0.3 is 15.6 Å². The van der Waals surface area contributed by atoms with Gasteiger partial charge in [0, 0.05) is 32.8 Å². The SMILES string of the molecule is CC(C)(C)[N+]([O-])=Cc1ccccc1.CCC(=O)NC(S)C(=O)O. The third-order valence-electron chi connectivity index (χ3n) is 2.58. The van der Waals surface area contributed by atoms with Gasteiger partial charge in [-0.3, -0.25) is 4.79 Å². The van der Waals surface area contributed by atoms with Crippen LogP contribution < -0.4 is 5.32 Å². The van der Waals surface area contributed by atoms with Crippen molar-refractivity contribution in [1.82, 2.24) is 5.32 Å². The van der Waals surface area contributed by atoms with Gasteiger partial charge in [-0.25, -0.2) is 9.53 Å². The Balaban J connectivity index is 0.000000438. The molecule has 1 rings (SSSR count). The summed E-state index contributed by atoms with van der Waals surface area (Å²) < 4.78 is 0.975. The Morgan fingerprint density at radius 3 is 2.26 bits per heavy atom. The fraction of sp³-hybridized carbons (Fsp3) is 0.438. The molecule has 0 saturated carbocycles. The lowest BCUT2D eigenvalue weighted by atomic mass is 10.1. The average Bonchev–Trinajstić information content (AvgIpc) is 2.47. The number of carbonyl (C=O) groups is 2. The van der Waals surface area contributed by atoms with E-state index in [1.807, 2.05) is 51.1 Å². The summed E-state index contributed by atoms with van der Waals surface area (Å²) >= 11 is 3.59. The van der Waals surface area contributed by atoms with Crippen LogP contribution in [0.5, 0.6) is 0 Å². The van der Waals surface area contributed by atoms with Crippen LogP contribution in [0.25, 0.3) is 0 Å². The zero-order valence-electron chi connectivity index (χ0n) is 13.8. The monoisotopic (exact) mass is 340 g/mol. The first-order chi connectivity index (χ1) is 10.6. The van der Waals surface area contributed by atoms with Crippen LogP contribution >= 0.6 is 12.6 Å². The summed E-state index contributed by atoms with van der Waals surface area (Å²) in [7, 11) is 0. The van der Waals surface area contributed by atoms with Crippen LogP contribution in [0.3, 0.4) is 0 Å². The second kappa shape index (κ2) is 9.89. The van der Waals surface area contributed by atoms with Crippen molar-refractivity contribution in [2.75, 3.05) is 0 Å². The van der Waals surface area contributed by atoms with E-state index in [1.165, 1.54) is 0 Å². The highest BCUT2D eigenvalue weighted by Crippen LogP contribution is 2.05. The van der Waals surface area contributed by atoms with Gasteiger partial charge in [0.15, 0.2) is 17.1 Å². The van der Waals surface area contributed by atoms with Gasteiger partial charge >= 0.3 is 5.97 Å². The summed E-state index contributed by atoms with van der Waals surface area (Å²) in [4.78, 5) is 20.6. The first-order valence-electron chi connectivity index (χ1n) is 7.14. The summed E-state index contributed by atoms with van der Waals surface area (Å²) in [6, 6.07) is 9.60. The van der Waals surface area contributed by atoms with Crippen molar-refractivity contribution in [3.63, 3.8) is 0 Å². The highest BCUT2D eigenvalue weighted by atomic mass is 32.1. The van der Waals surface area contributed by atoms with Gasteiger partial charge in [0.2, 0.25) is 5.91 Å². The summed E-state index contributed by atoms with van der Waals surface area (Å²) in [6.45, 7) is 7.30. The average molecular weight is 340 g/mol. The van der Waals surface area contributed by atoms with Gasteiger partial charge in [0.05, 0.1) is 0 Å². The molecule has 0 bridgehead atoms. The maximum absolute atomic E-state index is 11.5. The van der Waals surface area contributed by atoms with E-state index in [-0.39, 0.29) is 17.9 Å². The number of amides is 1. The maximum atomic E-state index is 11.5. The van der Waals surface area contributed by atoms with E-state index in [2.05, 4.69) is 17.9 Å². The number of carbonyl (C=O) groups excluding carboxylic acids is 1. The molecule has 2 N–H and O–H groups in total. The molecule has 0 heterocycles. The van der Waals surface area contributed by atoms with Crippen molar-refractivity contribution < 1.29 is 19.4 Å². The molecule has 0 aliphatic rings. The highest BCUT2D eigenvalue weighted by Gasteiger charge is 2.17. The number of hydroxylamine groups is 1. The first kappa shape index (κ1) is 21.0. The third-order valence-corrected chi connectivity index (χ3v) is 2.93. The molecule has 1 unspecified atom stereocenters. The Labute approximate surface area is 142 Å². The molecule has 23 heavy (non-hydrogen) atoms. The predicted molar refractivity (Wildman–Crippen MR) is 93.8 cm³/mol. The molecule has 1 amide bonds. The molecular formula is C16H24N2O4S. The summed E-state index contributed by atoms with van der Waals surface area (Å²) in [5, 5.41) is 20.8. The second-order valence-electron chi connectivity index (χ2n) is 5.70. The number of carboxylic acids is 1. The minimum Gasteiger partial charge on any atom is -0.623 e. The number of nitrogens with zero attached hydrogens (tertiary/aromatic N) is 1. The molecule has 0 fully saturated rings. The number of benzene rings is 1. The largest absolute Gasteiger partial charge is 0.623 e. The van der Waals surface area contributed by atoms with E-state index in [0.717, 1.165) is 10.3 Å². The summed E-state index contributed by atoms with van der Waals surface area (Å²) in [6.07, 6.45) is 1.88. The van der Waals surface area contributed by atoms with Gasteiger partial charge in [-0.05, 0) is 12.1 Å². The quantitative estimate of drug-likeness (QED) is 0.196. The fourth-order valence-corrected chi connectivity index (χ4v) is 1.33. The minimum atomic E-state index is -1.15. The van der Waals surface area contributed by atoms with E-state index < -0.39 is 11.3 Å². The van der Waals surface area contributed by atoms with Crippen molar-refractivity contribution in [3.8, 4) is 0 Å². The van der Waals surface area contributed by atoms with Crippen molar-refractivity contribution in [2.45, 2.75) is 45.0 Å². The lowest BCUT2D eigenvalue weighted by Crippen LogP contribution is -2.36. The van der Waals surface area contributed by atoms with Crippen molar-refractivity contribution in [3.05, 3.63) is 41.1 Å². The molecule has 128 valence electrons. The first-order valence-corrected chi connectivity index (χ1v) is 7.66. The minimum absolute atomic E-state index is 0.268. The zero-order valence-corrected chi connectivity index (χ0v) is 14.7. The van der Waals surface area contributed by atoms with Gasteiger partial charge in [0.25, 0.3) is 0 Å². The molecule has 1 aromatic rings. The van der Waals surface area contributed by atoms with Gasteiger partial charge in [-0.1, -0.05) is 25.1 Å².